The number of halogens is 3. The zero-order chi connectivity index (χ0) is 15.7. The molecule has 4 nitrogen and oxygen atoms in total. The highest BCUT2D eigenvalue weighted by molar-refractivity contribution is 5.92. The van der Waals surface area contributed by atoms with Crippen LogP contribution < -0.4 is 11.1 Å². The van der Waals surface area contributed by atoms with Crippen LogP contribution in [-0.4, -0.2) is 36.5 Å². The van der Waals surface area contributed by atoms with Gasteiger partial charge in [0.15, 0.2) is 0 Å². The maximum absolute atomic E-state index is 13.5. The summed E-state index contributed by atoms with van der Waals surface area (Å²) in [5.41, 5.74) is 6.17. The largest absolute Gasteiger partial charge is 0.327 e. The molecule has 1 aromatic carbocycles. The predicted molar refractivity (Wildman–Crippen MR) is 87.5 cm³/mol. The van der Waals surface area contributed by atoms with Crippen molar-refractivity contribution in [1.29, 1.82) is 0 Å². The van der Waals surface area contributed by atoms with Gasteiger partial charge in [0.05, 0.1) is 12.2 Å². The van der Waals surface area contributed by atoms with Crippen LogP contribution in [0.3, 0.4) is 0 Å². The van der Waals surface area contributed by atoms with Crippen LogP contribution in [0.25, 0.3) is 0 Å². The third kappa shape index (κ3) is 4.19. The van der Waals surface area contributed by atoms with Crippen LogP contribution in [0.15, 0.2) is 18.2 Å². The van der Waals surface area contributed by atoms with Crippen molar-refractivity contribution in [3.63, 3.8) is 0 Å². The van der Waals surface area contributed by atoms with Gasteiger partial charge in [0.2, 0.25) is 5.91 Å². The zero-order valence-electron chi connectivity index (χ0n) is 12.8. The van der Waals surface area contributed by atoms with E-state index in [-0.39, 0.29) is 36.6 Å². The van der Waals surface area contributed by atoms with E-state index in [1.165, 1.54) is 12.5 Å². The first-order valence-electron chi connectivity index (χ1n) is 7.76. The molecule has 0 radical (unpaired) electrons. The minimum atomic E-state index is -0.759. The minimum Gasteiger partial charge on any atom is -0.327 e. The van der Waals surface area contributed by atoms with E-state index >= 15 is 0 Å². The van der Waals surface area contributed by atoms with E-state index in [1.54, 1.807) is 0 Å². The summed E-state index contributed by atoms with van der Waals surface area (Å²) in [6, 6.07) is 3.35. The molecule has 1 heterocycles. The van der Waals surface area contributed by atoms with Crippen molar-refractivity contribution in [3.8, 4) is 0 Å². The number of likely N-dealkylation sites (tertiary alicyclic amines) is 1. The molecule has 128 valence electrons. The number of hydrogen-bond donors (Lipinski definition) is 2. The minimum absolute atomic E-state index is 0. The van der Waals surface area contributed by atoms with Crippen LogP contribution in [0.5, 0.6) is 0 Å². The summed E-state index contributed by atoms with van der Waals surface area (Å²) in [4.78, 5) is 14.1. The summed E-state index contributed by atoms with van der Waals surface area (Å²) in [6.07, 6.45) is 3.38. The first-order valence-corrected chi connectivity index (χ1v) is 7.76. The molecule has 1 saturated heterocycles. The fraction of sp³-hybridized carbons (Fsp3) is 0.562. The van der Waals surface area contributed by atoms with Crippen molar-refractivity contribution in [2.45, 2.75) is 25.3 Å². The van der Waals surface area contributed by atoms with Gasteiger partial charge in [-0.3, -0.25) is 9.69 Å². The van der Waals surface area contributed by atoms with Crippen LogP contribution >= 0.6 is 12.4 Å². The molecule has 23 heavy (non-hydrogen) atoms. The molecule has 0 spiro atoms. The summed E-state index contributed by atoms with van der Waals surface area (Å²) in [5, 5.41) is 2.50. The second kappa shape index (κ2) is 7.55. The number of anilines is 1. The van der Waals surface area contributed by atoms with E-state index in [9.17, 15) is 13.6 Å². The summed E-state index contributed by atoms with van der Waals surface area (Å²) < 4.78 is 26.4. The van der Waals surface area contributed by atoms with Crippen molar-refractivity contribution in [2.75, 3.05) is 25.0 Å². The van der Waals surface area contributed by atoms with Gasteiger partial charge < -0.3 is 11.1 Å². The lowest BCUT2D eigenvalue weighted by molar-refractivity contribution is -0.117. The van der Waals surface area contributed by atoms with Crippen molar-refractivity contribution in [3.05, 3.63) is 29.8 Å². The first kappa shape index (κ1) is 18.1. The van der Waals surface area contributed by atoms with Gasteiger partial charge in [0.25, 0.3) is 0 Å². The molecular weight excluding hydrogens is 324 g/mol. The van der Waals surface area contributed by atoms with Gasteiger partial charge >= 0.3 is 0 Å². The maximum atomic E-state index is 13.5. The lowest BCUT2D eigenvalue weighted by atomic mass is 9.78. The average molecular weight is 346 g/mol. The van der Waals surface area contributed by atoms with Gasteiger partial charge in [-0.05, 0) is 36.8 Å². The van der Waals surface area contributed by atoms with Gasteiger partial charge in [-0.2, -0.15) is 0 Å². The number of nitrogens with one attached hydrogen (secondary N) is 1. The Morgan fingerprint density at radius 1 is 1.30 bits per heavy atom. The van der Waals surface area contributed by atoms with Gasteiger partial charge in [-0.1, -0.05) is 6.42 Å². The number of hydrogen-bond acceptors (Lipinski definition) is 3. The smallest absolute Gasteiger partial charge is 0.238 e. The van der Waals surface area contributed by atoms with E-state index in [0.717, 1.165) is 38.1 Å². The Labute approximate surface area is 140 Å². The van der Waals surface area contributed by atoms with E-state index in [4.69, 9.17) is 5.73 Å². The molecule has 2 aliphatic rings. The Morgan fingerprint density at radius 3 is 2.78 bits per heavy atom. The van der Waals surface area contributed by atoms with Gasteiger partial charge in [0, 0.05) is 25.2 Å². The Balaban J connectivity index is 0.00000192. The van der Waals surface area contributed by atoms with Gasteiger partial charge in [-0.25, -0.2) is 8.78 Å². The number of carbonyl (C=O) groups excluding carboxylic acids is 1. The van der Waals surface area contributed by atoms with Gasteiger partial charge in [0.1, 0.15) is 11.6 Å². The van der Waals surface area contributed by atoms with E-state index in [2.05, 4.69) is 10.2 Å². The fourth-order valence-corrected chi connectivity index (χ4v) is 3.72. The number of carbonyl (C=O) groups is 1. The molecule has 0 bridgehead atoms. The lowest BCUT2D eigenvalue weighted by Crippen LogP contribution is -2.38. The number of fused-ring (bicyclic) bond motifs is 1. The van der Waals surface area contributed by atoms with Crippen molar-refractivity contribution < 1.29 is 13.6 Å². The number of amides is 1. The molecule has 0 aromatic heterocycles. The number of rotatable bonds is 3. The standard InChI is InChI=1S/C16H21F2N3O.ClH/c17-11-4-5-15(13(18)6-11)20-16(22)9-21-7-10-2-1-3-14(19)12(10)8-21;/h4-6,10,12,14H,1-3,7-9,19H2,(H,20,22);1H. The Kier molecular flexibility index (Phi) is 5.95. The van der Waals surface area contributed by atoms with E-state index in [0.29, 0.717) is 11.8 Å². The second-order valence-electron chi connectivity index (χ2n) is 6.39. The summed E-state index contributed by atoms with van der Waals surface area (Å²) in [5.74, 6) is -0.667. The Hall–Kier alpha value is -1.24. The molecular formula is C16H22ClF2N3O. The molecule has 1 aliphatic carbocycles. The quantitative estimate of drug-likeness (QED) is 0.884. The highest BCUT2D eigenvalue weighted by Crippen LogP contribution is 2.35. The molecule has 3 atom stereocenters. The normalized spacial score (nSPS) is 27.2. The topological polar surface area (TPSA) is 58.4 Å². The Bertz CT molecular complexity index is 572. The Morgan fingerprint density at radius 2 is 2.09 bits per heavy atom. The van der Waals surface area contributed by atoms with Crippen molar-refractivity contribution in [2.24, 2.45) is 17.6 Å². The molecule has 1 aliphatic heterocycles. The average Bonchev–Trinajstić information content (AvgIpc) is 2.86. The van der Waals surface area contributed by atoms with E-state index < -0.39 is 11.6 Å². The zero-order valence-corrected chi connectivity index (χ0v) is 13.6. The molecule has 1 amide bonds. The van der Waals surface area contributed by atoms with Crippen LogP contribution in [0.2, 0.25) is 0 Å². The van der Waals surface area contributed by atoms with Crippen LogP contribution in [0.1, 0.15) is 19.3 Å². The molecule has 3 unspecified atom stereocenters. The molecule has 1 aromatic rings. The van der Waals surface area contributed by atoms with Gasteiger partial charge in [-0.15, -0.1) is 12.4 Å². The summed E-state index contributed by atoms with van der Waals surface area (Å²) >= 11 is 0. The van der Waals surface area contributed by atoms with Crippen LogP contribution in [-0.2, 0) is 4.79 Å². The van der Waals surface area contributed by atoms with Crippen LogP contribution in [0, 0.1) is 23.5 Å². The number of benzene rings is 1. The highest BCUT2D eigenvalue weighted by atomic mass is 35.5. The van der Waals surface area contributed by atoms with Crippen molar-refractivity contribution in [1.82, 2.24) is 4.90 Å². The second-order valence-corrected chi connectivity index (χ2v) is 6.39. The monoisotopic (exact) mass is 345 g/mol. The lowest BCUT2D eigenvalue weighted by Gasteiger charge is -2.29. The fourth-order valence-electron chi connectivity index (χ4n) is 3.72. The number of nitrogens with zero attached hydrogens (tertiary/aromatic N) is 1. The molecule has 7 heteroatoms. The summed E-state index contributed by atoms with van der Waals surface area (Å²) in [6.45, 7) is 1.92. The highest BCUT2D eigenvalue weighted by Gasteiger charge is 2.38. The molecule has 2 fully saturated rings. The SMILES string of the molecule is Cl.NC1CCCC2CN(CC(=O)Nc3ccc(F)cc3F)CC12. The third-order valence-corrected chi connectivity index (χ3v) is 4.80. The van der Waals surface area contributed by atoms with Crippen molar-refractivity contribution >= 4 is 24.0 Å². The third-order valence-electron chi connectivity index (χ3n) is 4.80. The van der Waals surface area contributed by atoms with E-state index in [1.807, 2.05) is 0 Å². The molecule has 3 rings (SSSR count). The number of nitrogens with two attached hydrogens (primary N) is 1. The first-order chi connectivity index (χ1) is 10.5. The van der Waals surface area contributed by atoms with Crippen LogP contribution in [0.4, 0.5) is 14.5 Å². The maximum Gasteiger partial charge on any atom is 0.238 e. The molecule has 1 saturated carbocycles. The predicted octanol–water partition coefficient (Wildman–Crippen LogP) is 2.38. The summed E-state index contributed by atoms with van der Waals surface area (Å²) in [7, 11) is 0. The molecule has 3 N–H and O–H groups in total.